The van der Waals surface area contributed by atoms with Gasteiger partial charge in [-0.2, -0.15) is 0 Å². The van der Waals surface area contributed by atoms with Crippen molar-refractivity contribution in [3.63, 3.8) is 0 Å². The SMILES string of the molecule is CN1C(=O)/C(=N/N=c2\sc3ccccc3n2C)c2ccccc21. The van der Waals surface area contributed by atoms with Gasteiger partial charge in [0.05, 0.1) is 15.9 Å². The molecule has 0 saturated carbocycles. The van der Waals surface area contributed by atoms with Gasteiger partial charge in [0.25, 0.3) is 5.91 Å². The number of carbonyl (C=O) groups excluding carboxylic acids is 1. The zero-order chi connectivity index (χ0) is 16.0. The molecule has 0 N–H and O–H groups in total. The number of likely N-dealkylation sites (N-methyl/N-ethyl adjacent to an activating group) is 1. The molecular weight excluding hydrogens is 308 g/mol. The number of fused-ring (bicyclic) bond motifs is 2. The summed E-state index contributed by atoms with van der Waals surface area (Å²) in [5.41, 5.74) is 3.19. The van der Waals surface area contributed by atoms with Crippen LogP contribution < -0.4 is 9.70 Å². The van der Waals surface area contributed by atoms with E-state index in [0.29, 0.717) is 5.71 Å². The highest BCUT2D eigenvalue weighted by Crippen LogP contribution is 2.27. The van der Waals surface area contributed by atoms with Crippen molar-refractivity contribution in [1.82, 2.24) is 4.57 Å². The number of para-hydroxylation sites is 2. The molecule has 0 aliphatic carbocycles. The van der Waals surface area contributed by atoms with Crippen molar-refractivity contribution in [2.75, 3.05) is 11.9 Å². The van der Waals surface area contributed by atoms with Crippen molar-refractivity contribution < 1.29 is 4.79 Å². The smallest absolute Gasteiger partial charge is 0.279 e. The molecule has 1 amide bonds. The maximum Gasteiger partial charge on any atom is 0.279 e. The number of benzene rings is 2. The molecule has 114 valence electrons. The van der Waals surface area contributed by atoms with Gasteiger partial charge in [-0.15, -0.1) is 10.2 Å². The summed E-state index contributed by atoms with van der Waals surface area (Å²) in [6.07, 6.45) is 0. The summed E-state index contributed by atoms with van der Waals surface area (Å²) in [6, 6.07) is 15.7. The second-order valence-electron chi connectivity index (χ2n) is 5.34. The molecule has 1 aromatic heterocycles. The van der Waals surface area contributed by atoms with Gasteiger partial charge in [-0.25, -0.2) is 0 Å². The van der Waals surface area contributed by atoms with Gasteiger partial charge in [0.15, 0.2) is 5.71 Å². The number of amides is 1. The van der Waals surface area contributed by atoms with E-state index in [1.807, 2.05) is 54.1 Å². The number of nitrogens with zero attached hydrogens (tertiary/aromatic N) is 4. The number of hydrogen-bond acceptors (Lipinski definition) is 4. The van der Waals surface area contributed by atoms with Gasteiger partial charge in [-0.1, -0.05) is 41.7 Å². The van der Waals surface area contributed by atoms with E-state index in [0.717, 1.165) is 26.3 Å². The number of aromatic nitrogens is 1. The van der Waals surface area contributed by atoms with E-state index < -0.39 is 0 Å². The first kappa shape index (κ1) is 13.9. The molecule has 0 spiro atoms. The topological polar surface area (TPSA) is 50.0 Å². The van der Waals surface area contributed by atoms with Gasteiger partial charge in [0, 0.05) is 19.7 Å². The monoisotopic (exact) mass is 322 g/mol. The molecule has 6 heteroatoms. The van der Waals surface area contributed by atoms with E-state index in [2.05, 4.69) is 16.3 Å². The average Bonchev–Trinajstić information content (AvgIpc) is 3.02. The minimum atomic E-state index is -0.126. The molecule has 1 aliphatic heterocycles. The van der Waals surface area contributed by atoms with E-state index in [9.17, 15) is 4.79 Å². The second-order valence-corrected chi connectivity index (χ2v) is 6.35. The van der Waals surface area contributed by atoms with Crippen LogP contribution in [0.2, 0.25) is 0 Å². The lowest BCUT2D eigenvalue weighted by atomic mass is 10.1. The Hall–Kier alpha value is -2.73. The minimum Gasteiger partial charge on any atom is -0.318 e. The van der Waals surface area contributed by atoms with Crippen molar-refractivity contribution >= 4 is 38.9 Å². The zero-order valence-corrected chi connectivity index (χ0v) is 13.5. The molecule has 0 atom stereocenters. The Morgan fingerprint density at radius 2 is 1.70 bits per heavy atom. The van der Waals surface area contributed by atoms with Crippen LogP contribution in [0.1, 0.15) is 5.56 Å². The van der Waals surface area contributed by atoms with Crippen LogP contribution in [-0.4, -0.2) is 23.2 Å². The first-order valence-electron chi connectivity index (χ1n) is 7.20. The average molecular weight is 322 g/mol. The van der Waals surface area contributed by atoms with Crippen molar-refractivity contribution in [3.8, 4) is 0 Å². The van der Waals surface area contributed by atoms with Crippen LogP contribution in [-0.2, 0) is 11.8 Å². The van der Waals surface area contributed by atoms with Gasteiger partial charge in [0.2, 0.25) is 4.80 Å². The Balaban J connectivity index is 1.87. The lowest BCUT2D eigenvalue weighted by molar-refractivity contribution is -0.111. The van der Waals surface area contributed by atoms with Crippen LogP contribution in [0.4, 0.5) is 5.69 Å². The molecule has 0 bridgehead atoms. The van der Waals surface area contributed by atoms with Crippen LogP contribution in [0.25, 0.3) is 10.2 Å². The number of carbonyl (C=O) groups is 1. The van der Waals surface area contributed by atoms with Crippen LogP contribution in [0.15, 0.2) is 58.7 Å². The maximum atomic E-state index is 12.4. The van der Waals surface area contributed by atoms with Crippen molar-refractivity contribution in [1.29, 1.82) is 0 Å². The first-order chi connectivity index (χ1) is 11.2. The normalized spacial score (nSPS) is 16.6. The van der Waals surface area contributed by atoms with Gasteiger partial charge >= 0.3 is 0 Å². The summed E-state index contributed by atoms with van der Waals surface area (Å²) in [6.45, 7) is 0. The Morgan fingerprint density at radius 1 is 0.957 bits per heavy atom. The van der Waals surface area contributed by atoms with Gasteiger partial charge in [-0.3, -0.25) is 4.79 Å². The summed E-state index contributed by atoms with van der Waals surface area (Å²) in [5, 5.41) is 8.59. The van der Waals surface area contributed by atoms with Crippen LogP contribution in [0, 0.1) is 0 Å². The highest BCUT2D eigenvalue weighted by molar-refractivity contribution is 7.16. The van der Waals surface area contributed by atoms with Crippen LogP contribution in [0.5, 0.6) is 0 Å². The predicted molar refractivity (Wildman–Crippen MR) is 92.7 cm³/mol. The molecule has 4 rings (SSSR count). The standard InChI is InChI=1S/C17H14N4OS/c1-20-12-8-4-3-7-11(12)15(16(20)22)18-19-17-21(2)13-9-5-6-10-14(13)23-17/h3-10H,1-2H3/b18-15+,19-17-. The summed E-state index contributed by atoms with van der Waals surface area (Å²) < 4.78 is 3.13. The van der Waals surface area contributed by atoms with E-state index >= 15 is 0 Å². The van der Waals surface area contributed by atoms with E-state index in [1.165, 1.54) is 0 Å². The van der Waals surface area contributed by atoms with E-state index in [1.54, 1.807) is 23.3 Å². The predicted octanol–water partition coefficient (Wildman–Crippen LogP) is 2.52. The van der Waals surface area contributed by atoms with Crippen molar-refractivity contribution in [3.05, 3.63) is 58.9 Å². The third-order valence-electron chi connectivity index (χ3n) is 3.98. The number of thiazole rings is 1. The fourth-order valence-electron chi connectivity index (χ4n) is 2.72. The first-order valence-corrected chi connectivity index (χ1v) is 8.02. The molecule has 23 heavy (non-hydrogen) atoms. The van der Waals surface area contributed by atoms with E-state index in [4.69, 9.17) is 0 Å². The molecule has 2 aromatic carbocycles. The highest BCUT2D eigenvalue weighted by atomic mass is 32.1. The quantitative estimate of drug-likeness (QED) is 0.635. The summed E-state index contributed by atoms with van der Waals surface area (Å²) >= 11 is 1.55. The van der Waals surface area contributed by atoms with Crippen molar-refractivity contribution in [2.45, 2.75) is 0 Å². The molecule has 0 unspecified atom stereocenters. The molecule has 1 aliphatic rings. The Bertz CT molecular complexity index is 1030. The third-order valence-corrected chi connectivity index (χ3v) is 5.08. The van der Waals surface area contributed by atoms with Gasteiger partial charge < -0.3 is 9.47 Å². The fourth-order valence-corrected chi connectivity index (χ4v) is 3.69. The van der Waals surface area contributed by atoms with E-state index in [-0.39, 0.29) is 5.91 Å². The minimum absolute atomic E-state index is 0.126. The molecule has 0 radical (unpaired) electrons. The lowest BCUT2D eigenvalue weighted by Crippen LogP contribution is -2.25. The third kappa shape index (κ3) is 2.10. The fraction of sp³-hybridized carbons (Fsp3) is 0.118. The Labute approximate surface area is 136 Å². The summed E-state index contributed by atoms with van der Waals surface area (Å²) in [7, 11) is 3.71. The van der Waals surface area contributed by atoms with Crippen LogP contribution in [0.3, 0.4) is 0 Å². The summed E-state index contributed by atoms with van der Waals surface area (Å²) in [4.78, 5) is 14.7. The second kappa shape index (κ2) is 5.17. The number of aryl methyl sites for hydroxylation is 1. The molecular formula is C17H14N4OS. The Morgan fingerprint density at radius 3 is 2.52 bits per heavy atom. The van der Waals surface area contributed by atoms with Gasteiger partial charge in [0.1, 0.15) is 0 Å². The van der Waals surface area contributed by atoms with Gasteiger partial charge in [-0.05, 0) is 18.2 Å². The molecule has 3 aromatic rings. The van der Waals surface area contributed by atoms with Crippen LogP contribution >= 0.6 is 11.3 Å². The Kier molecular flexibility index (Phi) is 3.12. The summed E-state index contributed by atoms with van der Waals surface area (Å²) in [5.74, 6) is -0.126. The highest BCUT2D eigenvalue weighted by Gasteiger charge is 2.31. The molecule has 0 fully saturated rings. The lowest BCUT2D eigenvalue weighted by Gasteiger charge is -2.07. The molecule has 0 saturated heterocycles. The maximum absolute atomic E-state index is 12.4. The molecule has 5 nitrogen and oxygen atoms in total. The number of hydrogen-bond donors (Lipinski definition) is 0. The number of rotatable bonds is 1. The number of anilines is 1. The largest absolute Gasteiger partial charge is 0.318 e. The molecule has 2 heterocycles. The zero-order valence-electron chi connectivity index (χ0n) is 12.7. The van der Waals surface area contributed by atoms with Crippen molar-refractivity contribution in [2.24, 2.45) is 17.3 Å².